The summed E-state index contributed by atoms with van der Waals surface area (Å²) >= 11 is 0. The van der Waals surface area contributed by atoms with Crippen LogP contribution < -0.4 is 5.32 Å². The summed E-state index contributed by atoms with van der Waals surface area (Å²) in [6.45, 7) is 2.33. The smallest absolute Gasteiger partial charge is 0.227 e. The maximum Gasteiger partial charge on any atom is 0.227 e. The van der Waals surface area contributed by atoms with Gasteiger partial charge in [0.15, 0.2) is 0 Å². The Morgan fingerprint density at radius 3 is 3.00 bits per heavy atom. The molecule has 2 aliphatic rings. The molecular weight excluding hydrogens is 335 g/mol. The van der Waals surface area contributed by atoms with Crippen LogP contribution in [0.3, 0.4) is 0 Å². The predicted molar refractivity (Wildman–Crippen MR) is 96.0 cm³/mol. The summed E-state index contributed by atoms with van der Waals surface area (Å²) in [5.74, 6) is -0.264. The van der Waals surface area contributed by atoms with Crippen molar-refractivity contribution < 1.29 is 18.7 Å². The molecule has 1 spiro atoms. The zero-order valence-corrected chi connectivity index (χ0v) is 15.3. The van der Waals surface area contributed by atoms with Crippen molar-refractivity contribution in [2.24, 2.45) is 11.3 Å². The average Bonchev–Trinajstić information content (AvgIpc) is 3.23. The van der Waals surface area contributed by atoms with Crippen LogP contribution in [0, 0.1) is 17.2 Å². The topological polar surface area (TPSA) is 58.6 Å². The van der Waals surface area contributed by atoms with E-state index >= 15 is 0 Å². The van der Waals surface area contributed by atoms with E-state index in [1.54, 1.807) is 19.2 Å². The number of benzene rings is 1. The van der Waals surface area contributed by atoms with E-state index in [0.717, 1.165) is 25.7 Å². The van der Waals surface area contributed by atoms with E-state index < -0.39 is 0 Å². The molecule has 3 rings (SSSR count). The number of amides is 2. The molecule has 1 saturated carbocycles. The molecule has 2 fully saturated rings. The number of likely N-dealkylation sites (tertiary alicyclic amines) is 1. The van der Waals surface area contributed by atoms with Crippen molar-refractivity contribution in [3.63, 3.8) is 0 Å². The number of methoxy groups -OCH3 is 1. The van der Waals surface area contributed by atoms with Crippen molar-refractivity contribution in [3.8, 4) is 0 Å². The van der Waals surface area contributed by atoms with Crippen molar-refractivity contribution in [2.75, 3.05) is 33.4 Å². The molecule has 1 aliphatic carbocycles. The average molecular weight is 362 g/mol. The van der Waals surface area contributed by atoms with Gasteiger partial charge in [-0.3, -0.25) is 9.59 Å². The van der Waals surface area contributed by atoms with Crippen LogP contribution in [-0.4, -0.2) is 50.1 Å². The van der Waals surface area contributed by atoms with Gasteiger partial charge in [-0.2, -0.15) is 0 Å². The minimum atomic E-state index is -0.322. The van der Waals surface area contributed by atoms with Gasteiger partial charge in [0.1, 0.15) is 5.82 Å². The lowest BCUT2D eigenvalue weighted by Gasteiger charge is -2.30. The lowest BCUT2D eigenvalue weighted by molar-refractivity contribution is -0.132. The normalized spacial score (nSPS) is 25.0. The number of halogens is 1. The molecule has 0 bridgehead atoms. The highest BCUT2D eigenvalue weighted by atomic mass is 19.1. The van der Waals surface area contributed by atoms with Gasteiger partial charge in [0, 0.05) is 38.1 Å². The third-order valence-electron chi connectivity index (χ3n) is 5.81. The Morgan fingerprint density at radius 1 is 1.38 bits per heavy atom. The van der Waals surface area contributed by atoms with E-state index in [0.29, 0.717) is 31.8 Å². The standard InChI is InChI=1S/C20H27FN2O3/c1-26-11-9-22-19(25)17-6-3-7-20(17)8-10-23(14-20)18(24)13-15-4-2-5-16(21)12-15/h2,4-5,12,17H,3,6-11,13-14H2,1H3,(H,22,25)/t17-,20+/m0/s1. The Morgan fingerprint density at radius 2 is 2.23 bits per heavy atom. The minimum absolute atomic E-state index is 0.0120. The first-order valence-electron chi connectivity index (χ1n) is 9.33. The first-order valence-corrected chi connectivity index (χ1v) is 9.33. The maximum absolute atomic E-state index is 13.3. The quantitative estimate of drug-likeness (QED) is 0.789. The number of hydrogen-bond acceptors (Lipinski definition) is 3. The van der Waals surface area contributed by atoms with Gasteiger partial charge in [0.25, 0.3) is 0 Å². The molecule has 2 amide bonds. The van der Waals surface area contributed by atoms with Crippen LogP contribution >= 0.6 is 0 Å². The number of hydrogen-bond donors (Lipinski definition) is 1. The van der Waals surface area contributed by atoms with Gasteiger partial charge in [0.2, 0.25) is 11.8 Å². The Balaban J connectivity index is 1.60. The SMILES string of the molecule is COCCNC(=O)[C@@H]1CCC[C@]12CCN(C(=O)Cc1cccc(F)c1)C2. The molecule has 1 aromatic rings. The summed E-state index contributed by atoms with van der Waals surface area (Å²) in [5.41, 5.74) is 0.589. The highest BCUT2D eigenvalue weighted by molar-refractivity contribution is 5.81. The molecule has 0 unspecified atom stereocenters. The summed E-state index contributed by atoms with van der Waals surface area (Å²) in [5, 5.41) is 2.96. The van der Waals surface area contributed by atoms with E-state index in [1.807, 2.05) is 4.90 Å². The van der Waals surface area contributed by atoms with E-state index in [1.165, 1.54) is 12.1 Å². The Bertz CT molecular complexity index is 666. The number of rotatable bonds is 6. The molecule has 1 N–H and O–H groups in total. The summed E-state index contributed by atoms with van der Waals surface area (Å²) in [4.78, 5) is 27.1. The fourth-order valence-electron chi connectivity index (χ4n) is 4.48. The van der Waals surface area contributed by atoms with E-state index in [4.69, 9.17) is 4.74 Å². The van der Waals surface area contributed by atoms with Crippen molar-refractivity contribution in [2.45, 2.75) is 32.1 Å². The minimum Gasteiger partial charge on any atom is -0.383 e. The van der Waals surface area contributed by atoms with Crippen molar-refractivity contribution in [1.82, 2.24) is 10.2 Å². The first kappa shape index (κ1) is 18.8. The van der Waals surface area contributed by atoms with Crippen LogP contribution in [0.15, 0.2) is 24.3 Å². The van der Waals surface area contributed by atoms with Crippen LogP contribution in [0.1, 0.15) is 31.2 Å². The van der Waals surface area contributed by atoms with Gasteiger partial charge in [-0.15, -0.1) is 0 Å². The van der Waals surface area contributed by atoms with E-state index in [2.05, 4.69) is 5.32 Å². The van der Waals surface area contributed by atoms with Crippen LogP contribution in [0.25, 0.3) is 0 Å². The number of nitrogens with one attached hydrogen (secondary N) is 1. The summed E-state index contributed by atoms with van der Waals surface area (Å²) < 4.78 is 18.3. The van der Waals surface area contributed by atoms with Crippen LogP contribution in [0.2, 0.25) is 0 Å². The van der Waals surface area contributed by atoms with Crippen LogP contribution in [-0.2, 0) is 20.7 Å². The zero-order chi connectivity index (χ0) is 18.6. The molecule has 1 saturated heterocycles. The molecule has 1 heterocycles. The molecule has 0 radical (unpaired) electrons. The zero-order valence-electron chi connectivity index (χ0n) is 15.3. The van der Waals surface area contributed by atoms with Crippen molar-refractivity contribution >= 4 is 11.8 Å². The second-order valence-corrected chi connectivity index (χ2v) is 7.46. The lowest BCUT2D eigenvalue weighted by Crippen LogP contribution is -2.42. The highest BCUT2D eigenvalue weighted by Crippen LogP contribution is 2.49. The molecule has 2 atom stereocenters. The summed E-state index contributed by atoms with van der Waals surface area (Å²) in [6.07, 6.45) is 3.96. The molecule has 1 aromatic carbocycles. The molecule has 6 heteroatoms. The van der Waals surface area contributed by atoms with Gasteiger partial charge >= 0.3 is 0 Å². The highest BCUT2D eigenvalue weighted by Gasteiger charge is 2.51. The largest absolute Gasteiger partial charge is 0.383 e. The third-order valence-corrected chi connectivity index (χ3v) is 5.81. The lowest BCUT2D eigenvalue weighted by atomic mass is 9.76. The van der Waals surface area contributed by atoms with E-state index in [9.17, 15) is 14.0 Å². The predicted octanol–water partition coefficient (Wildman–Crippen LogP) is 2.15. The summed E-state index contributed by atoms with van der Waals surface area (Å²) in [7, 11) is 1.61. The number of carbonyl (C=O) groups is 2. The molecule has 0 aromatic heterocycles. The first-order chi connectivity index (χ1) is 12.5. The van der Waals surface area contributed by atoms with Gasteiger partial charge in [-0.05, 0) is 37.0 Å². The Labute approximate surface area is 153 Å². The van der Waals surface area contributed by atoms with E-state index in [-0.39, 0.29) is 35.4 Å². The van der Waals surface area contributed by atoms with Gasteiger partial charge in [-0.1, -0.05) is 18.6 Å². The van der Waals surface area contributed by atoms with Gasteiger partial charge < -0.3 is 15.0 Å². The number of nitrogens with zero attached hydrogens (tertiary/aromatic N) is 1. The molecule has 1 aliphatic heterocycles. The van der Waals surface area contributed by atoms with Crippen molar-refractivity contribution in [1.29, 1.82) is 0 Å². The molecular formula is C20H27FN2O3. The fraction of sp³-hybridized carbons (Fsp3) is 0.600. The van der Waals surface area contributed by atoms with Gasteiger partial charge in [-0.25, -0.2) is 4.39 Å². The number of carbonyl (C=O) groups excluding carboxylic acids is 2. The van der Waals surface area contributed by atoms with Gasteiger partial charge in [0.05, 0.1) is 13.0 Å². The number of ether oxygens (including phenoxy) is 1. The molecule has 142 valence electrons. The van der Waals surface area contributed by atoms with Crippen LogP contribution in [0.5, 0.6) is 0 Å². The molecule has 26 heavy (non-hydrogen) atoms. The van der Waals surface area contributed by atoms with Crippen molar-refractivity contribution in [3.05, 3.63) is 35.6 Å². The monoisotopic (exact) mass is 362 g/mol. The summed E-state index contributed by atoms with van der Waals surface area (Å²) in [6, 6.07) is 6.19. The third kappa shape index (κ3) is 4.06. The fourth-order valence-corrected chi connectivity index (χ4v) is 4.48. The second kappa shape index (κ2) is 8.16. The molecule has 5 nitrogen and oxygen atoms in total. The maximum atomic E-state index is 13.3. The van der Waals surface area contributed by atoms with Crippen LogP contribution in [0.4, 0.5) is 4.39 Å². The Kier molecular flexibility index (Phi) is 5.91. The second-order valence-electron chi connectivity index (χ2n) is 7.46. The Hall–Kier alpha value is -1.95.